The molecular formula is C18H20ClF3N4O2. The number of aromatic nitrogens is 1. The number of halogens is 4. The van der Waals surface area contributed by atoms with Gasteiger partial charge in [0.1, 0.15) is 5.52 Å². The third-order valence-electron chi connectivity index (χ3n) is 5.31. The molecule has 2 N–H and O–H groups in total. The van der Waals surface area contributed by atoms with Crippen LogP contribution in [0.4, 0.5) is 23.7 Å². The molecule has 1 aromatic heterocycles. The van der Waals surface area contributed by atoms with Crippen molar-refractivity contribution in [1.82, 2.24) is 15.2 Å². The molecule has 1 aromatic carbocycles. The lowest BCUT2D eigenvalue weighted by Gasteiger charge is -2.42. The topological polar surface area (TPSA) is 70.4 Å². The van der Waals surface area contributed by atoms with E-state index in [9.17, 15) is 18.0 Å². The van der Waals surface area contributed by atoms with Crippen LogP contribution >= 0.6 is 11.6 Å². The van der Waals surface area contributed by atoms with Gasteiger partial charge in [0.2, 0.25) is 5.89 Å². The number of nitrogens with one attached hydrogen (secondary N) is 2. The lowest BCUT2D eigenvalue weighted by atomic mass is 9.74. The second-order valence-electron chi connectivity index (χ2n) is 7.57. The summed E-state index contributed by atoms with van der Waals surface area (Å²) in [6.45, 7) is -1.15. The van der Waals surface area contributed by atoms with Crippen LogP contribution in [-0.2, 0) is 12.1 Å². The van der Waals surface area contributed by atoms with Crippen molar-refractivity contribution >= 4 is 34.4 Å². The summed E-state index contributed by atoms with van der Waals surface area (Å²) in [6, 6.07) is 1.26. The molecule has 4 rings (SSSR count). The molecule has 0 bridgehead atoms. The van der Waals surface area contributed by atoms with Crippen molar-refractivity contribution in [1.29, 1.82) is 0 Å². The first-order valence-corrected chi connectivity index (χ1v) is 9.51. The zero-order valence-electron chi connectivity index (χ0n) is 15.2. The maximum atomic E-state index is 12.6. The van der Waals surface area contributed by atoms with Gasteiger partial charge in [-0.15, -0.1) is 0 Å². The van der Waals surface area contributed by atoms with Crippen LogP contribution in [0.15, 0.2) is 10.5 Å². The Bertz CT molecular complexity index is 922. The minimum atomic E-state index is -4.30. The van der Waals surface area contributed by atoms with Crippen LogP contribution in [0.25, 0.3) is 11.1 Å². The normalized spacial score (nSPS) is 19.0. The zero-order valence-corrected chi connectivity index (χ0v) is 16.0. The number of amides is 2. The molecule has 1 fully saturated rings. The quantitative estimate of drug-likeness (QED) is 0.756. The molecule has 0 radical (unpaired) electrons. The minimum Gasteiger partial charge on any atom is -0.439 e. The maximum Gasteiger partial charge on any atom is 0.401 e. The Morgan fingerprint density at radius 3 is 2.71 bits per heavy atom. The van der Waals surface area contributed by atoms with E-state index in [0.29, 0.717) is 21.8 Å². The molecule has 2 aromatic rings. The second-order valence-corrected chi connectivity index (χ2v) is 7.98. The number of anilines is 1. The Morgan fingerprint density at radius 2 is 2.04 bits per heavy atom. The lowest BCUT2D eigenvalue weighted by Crippen LogP contribution is -2.52. The average molecular weight is 417 g/mol. The summed E-state index contributed by atoms with van der Waals surface area (Å²) in [7, 11) is 1.36. The van der Waals surface area contributed by atoms with Gasteiger partial charge in [0.25, 0.3) is 0 Å². The summed E-state index contributed by atoms with van der Waals surface area (Å²) in [5.41, 5.74) is 1.57. The van der Waals surface area contributed by atoms with Gasteiger partial charge < -0.3 is 15.1 Å². The largest absolute Gasteiger partial charge is 0.439 e. The molecule has 10 heteroatoms. The number of nitrogens with zero attached hydrogens (tertiary/aromatic N) is 2. The Hall–Kier alpha value is -2.00. The van der Waals surface area contributed by atoms with Crippen LogP contribution in [0.1, 0.15) is 43.6 Å². The molecule has 0 saturated heterocycles. The number of carbonyl (C=O) groups is 1. The molecule has 1 saturated carbocycles. The third kappa shape index (κ3) is 3.53. The van der Waals surface area contributed by atoms with E-state index in [1.807, 2.05) is 0 Å². The van der Waals surface area contributed by atoms with Gasteiger partial charge in [-0.25, -0.2) is 9.78 Å². The molecule has 28 heavy (non-hydrogen) atoms. The first-order valence-electron chi connectivity index (χ1n) is 9.14. The van der Waals surface area contributed by atoms with Gasteiger partial charge in [0, 0.05) is 5.56 Å². The Kier molecular flexibility index (Phi) is 4.70. The number of carbonyl (C=O) groups excluding carboxylic acids is 1. The molecular weight excluding hydrogens is 397 g/mol. The van der Waals surface area contributed by atoms with Gasteiger partial charge in [0.05, 0.1) is 29.3 Å². The van der Waals surface area contributed by atoms with Gasteiger partial charge in [-0.2, -0.15) is 13.2 Å². The SMILES string of the molecule is CN(Cc1nc2cc(Cl)c3c(c2o1)C1(CCCCC1)NC(=O)N3)CC(F)(F)F. The molecule has 2 aliphatic rings. The third-order valence-corrected chi connectivity index (χ3v) is 5.61. The van der Waals surface area contributed by atoms with Crippen LogP contribution in [0, 0.1) is 0 Å². The van der Waals surface area contributed by atoms with Gasteiger partial charge in [-0.1, -0.05) is 30.9 Å². The molecule has 2 amide bonds. The van der Waals surface area contributed by atoms with Crippen LogP contribution < -0.4 is 10.6 Å². The van der Waals surface area contributed by atoms with Crippen LogP contribution in [0.3, 0.4) is 0 Å². The second kappa shape index (κ2) is 6.81. The predicted octanol–water partition coefficient (Wildman–Crippen LogP) is 4.77. The number of benzene rings is 1. The van der Waals surface area contributed by atoms with E-state index in [4.69, 9.17) is 16.0 Å². The fourth-order valence-corrected chi connectivity index (χ4v) is 4.52. The number of rotatable bonds is 3. The molecule has 1 aliphatic carbocycles. The maximum absolute atomic E-state index is 12.6. The summed E-state index contributed by atoms with van der Waals surface area (Å²) < 4.78 is 43.7. The minimum absolute atomic E-state index is 0.0899. The van der Waals surface area contributed by atoms with Crippen molar-refractivity contribution in [2.45, 2.75) is 50.4 Å². The molecule has 0 atom stereocenters. The van der Waals surface area contributed by atoms with E-state index in [1.165, 1.54) is 7.05 Å². The lowest BCUT2D eigenvalue weighted by molar-refractivity contribution is -0.144. The Balaban J connectivity index is 1.78. The number of alkyl halides is 3. The van der Waals surface area contributed by atoms with E-state index in [2.05, 4.69) is 15.6 Å². The first-order chi connectivity index (χ1) is 13.2. The number of urea groups is 1. The standard InChI is InChI=1S/C18H20ClF3N4O2/c1-26(9-18(20,21)22)8-12-23-11-7-10(19)14-13(15(11)28-12)17(25-16(27)24-14)5-3-2-4-6-17/h7H,2-6,8-9H2,1H3,(H2,24,25,27). The van der Waals surface area contributed by atoms with Gasteiger partial charge in [-0.05, 0) is 26.0 Å². The fraction of sp³-hybridized carbons (Fsp3) is 0.556. The number of oxazole rings is 1. The Morgan fingerprint density at radius 1 is 1.32 bits per heavy atom. The molecule has 2 heterocycles. The molecule has 1 spiro atoms. The molecule has 152 valence electrons. The average Bonchev–Trinajstić information content (AvgIpc) is 2.95. The predicted molar refractivity (Wildman–Crippen MR) is 98.3 cm³/mol. The zero-order chi connectivity index (χ0) is 20.1. The first kappa shape index (κ1) is 19.3. The van der Waals surface area contributed by atoms with E-state index < -0.39 is 18.3 Å². The van der Waals surface area contributed by atoms with Crippen molar-refractivity contribution < 1.29 is 22.4 Å². The van der Waals surface area contributed by atoms with Crippen molar-refractivity contribution in [3.05, 3.63) is 22.5 Å². The fourth-order valence-electron chi connectivity index (χ4n) is 4.27. The van der Waals surface area contributed by atoms with Crippen molar-refractivity contribution in [2.75, 3.05) is 18.9 Å². The van der Waals surface area contributed by atoms with E-state index in [1.54, 1.807) is 6.07 Å². The van der Waals surface area contributed by atoms with Gasteiger partial charge >= 0.3 is 12.2 Å². The highest BCUT2D eigenvalue weighted by atomic mass is 35.5. The number of hydrogen-bond donors (Lipinski definition) is 2. The molecule has 1 aliphatic heterocycles. The monoisotopic (exact) mass is 416 g/mol. The van der Waals surface area contributed by atoms with Crippen LogP contribution in [-0.4, -0.2) is 35.7 Å². The highest BCUT2D eigenvalue weighted by molar-refractivity contribution is 6.35. The van der Waals surface area contributed by atoms with E-state index >= 15 is 0 Å². The molecule has 6 nitrogen and oxygen atoms in total. The Labute approximate surface area is 164 Å². The summed E-state index contributed by atoms with van der Waals surface area (Å²) in [4.78, 5) is 17.7. The highest BCUT2D eigenvalue weighted by Crippen LogP contribution is 2.48. The number of fused-ring (bicyclic) bond motifs is 4. The van der Waals surface area contributed by atoms with Crippen molar-refractivity contribution in [2.24, 2.45) is 0 Å². The van der Waals surface area contributed by atoms with E-state index in [0.717, 1.165) is 42.6 Å². The van der Waals surface area contributed by atoms with Crippen LogP contribution in [0.5, 0.6) is 0 Å². The summed E-state index contributed by atoms with van der Waals surface area (Å²) in [6.07, 6.45) is 0.156. The highest BCUT2D eigenvalue weighted by Gasteiger charge is 2.44. The van der Waals surface area contributed by atoms with Gasteiger partial charge in [0.15, 0.2) is 5.58 Å². The van der Waals surface area contributed by atoms with Gasteiger partial charge in [-0.3, -0.25) is 4.90 Å². The smallest absolute Gasteiger partial charge is 0.401 e. The summed E-state index contributed by atoms with van der Waals surface area (Å²) >= 11 is 6.41. The van der Waals surface area contributed by atoms with Crippen LogP contribution in [0.2, 0.25) is 5.02 Å². The summed E-state index contributed by atoms with van der Waals surface area (Å²) in [5.74, 6) is 0.175. The van der Waals surface area contributed by atoms with Crippen molar-refractivity contribution in [3.63, 3.8) is 0 Å². The van der Waals surface area contributed by atoms with E-state index in [-0.39, 0.29) is 18.5 Å². The summed E-state index contributed by atoms with van der Waals surface area (Å²) in [5, 5.41) is 6.12. The van der Waals surface area contributed by atoms with Crippen molar-refractivity contribution in [3.8, 4) is 0 Å². The molecule has 0 unspecified atom stereocenters. The number of hydrogen-bond acceptors (Lipinski definition) is 4.